The van der Waals surface area contributed by atoms with Crippen LogP contribution in [0.15, 0.2) is 46.5 Å². The lowest BCUT2D eigenvalue weighted by Gasteiger charge is -2.04. The van der Waals surface area contributed by atoms with Gasteiger partial charge in [-0.15, -0.1) is 0 Å². The van der Waals surface area contributed by atoms with E-state index in [0.29, 0.717) is 0 Å². The number of carboxylic acid groups (broad SMARTS) is 1. The zero-order valence-electron chi connectivity index (χ0n) is 9.82. The monoisotopic (exact) mass is 294 g/mol. The van der Waals surface area contributed by atoms with Crippen LogP contribution in [0.1, 0.15) is 10.4 Å². The number of pyridine rings is 1. The van der Waals surface area contributed by atoms with Crippen LogP contribution in [0.4, 0.5) is 10.1 Å². The Hall–Kier alpha value is -2.48. The number of carbonyl (C=O) groups is 1. The van der Waals surface area contributed by atoms with E-state index >= 15 is 0 Å². The highest BCUT2D eigenvalue weighted by molar-refractivity contribution is 7.99. The number of non-ortho nitro benzene ring substituents is 1. The van der Waals surface area contributed by atoms with Crippen molar-refractivity contribution in [3.05, 3.63) is 58.0 Å². The van der Waals surface area contributed by atoms with E-state index in [9.17, 15) is 19.3 Å². The minimum Gasteiger partial charge on any atom is -0.478 e. The number of nitrogens with zero attached hydrogens (tertiary/aromatic N) is 2. The van der Waals surface area contributed by atoms with Crippen LogP contribution in [0, 0.1) is 15.9 Å². The van der Waals surface area contributed by atoms with E-state index < -0.39 is 22.4 Å². The van der Waals surface area contributed by atoms with E-state index in [1.165, 1.54) is 18.3 Å². The second-order valence-corrected chi connectivity index (χ2v) is 4.73. The highest BCUT2D eigenvalue weighted by Gasteiger charge is 2.15. The van der Waals surface area contributed by atoms with Gasteiger partial charge in [0.05, 0.1) is 16.6 Å². The van der Waals surface area contributed by atoms with Crippen LogP contribution in [0.25, 0.3) is 0 Å². The molecule has 0 spiro atoms. The number of aromatic nitrogens is 1. The normalized spacial score (nSPS) is 10.2. The molecule has 0 aliphatic rings. The van der Waals surface area contributed by atoms with Gasteiger partial charge in [0, 0.05) is 17.2 Å². The number of rotatable bonds is 4. The first-order chi connectivity index (χ1) is 9.47. The van der Waals surface area contributed by atoms with Crippen molar-refractivity contribution in [1.29, 1.82) is 0 Å². The van der Waals surface area contributed by atoms with Gasteiger partial charge in [0.1, 0.15) is 10.8 Å². The molecule has 0 radical (unpaired) electrons. The van der Waals surface area contributed by atoms with Gasteiger partial charge < -0.3 is 5.11 Å². The third kappa shape index (κ3) is 3.09. The molecule has 8 heteroatoms. The Labute approximate surface area is 116 Å². The van der Waals surface area contributed by atoms with Crippen molar-refractivity contribution >= 4 is 23.4 Å². The van der Waals surface area contributed by atoms with Crippen LogP contribution in [0.3, 0.4) is 0 Å². The van der Waals surface area contributed by atoms with E-state index in [1.54, 1.807) is 0 Å². The third-order valence-corrected chi connectivity index (χ3v) is 3.27. The third-order valence-electron chi connectivity index (χ3n) is 2.28. The zero-order chi connectivity index (χ0) is 14.7. The minimum absolute atomic E-state index is 0.0515. The maximum atomic E-state index is 13.3. The van der Waals surface area contributed by atoms with E-state index in [-0.39, 0.29) is 15.5 Å². The number of hydrogen-bond acceptors (Lipinski definition) is 5. The summed E-state index contributed by atoms with van der Waals surface area (Å²) in [6.07, 6.45) is 1.39. The smallest absolute Gasteiger partial charge is 0.338 e. The molecule has 0 saturated carbocycles. The van der Waals surface area contributed by atoms with Crippen molar-refractivity contribution < 1.29 is 19.2 Å². The number of aromatic carboxylic acids is 1. The Morgan fingerprint density at radius 2 is 2.15 bits per heavy atom. The maximum Gasteiger partial charge on any atom is 0.338 e. The van der Waals surface area contributed by atoms with Gasteiger partial charge in [0.2, 0.25) is 0 Å². The molecular formula is C12H7FN2O4S. The van der Waals surface area contributed by atoms with Crippen LogP contribution in [-0.4, -0.2) is 21.0 Å². The molecule has 1 heterocycles. The predicted octanol–water partition coefficient (Wildman–Crippen LogP) is 2.98. The van der Waals surface area contributed by atoms with Crippen LogP contribution in [0.5, 0.6) is 0 Å². The molecule has 0 aliphatic carbocycles. The number of carboxylic acids is 1. The Morgan fingerprint density at radius 3 is 2.80 bits per heavy atom. The molecule has 0 aliphatic heterocycles. The van der Waals surface area contributed by atoms with Crippen molar-refractivity contribution in [1.82, 2.24) is 4.98 Å². The summed E-state index contributed by atoms with van der Waals surface area (Å²) < 4.78 is 13.3. The molecule has 1 aromatic carbocycles. The second kappa shape index (κ2) is 5.66. The lowest BCUT2D eigenvalue weighted by atomic mass is 10.3. The number of nitro benzene ring substituents is 1. The largest absolute Gasteiger partial charge is 0.478 e. The molecule has 0 saturated heterocycles. The first-order valence-electron chi connectivity index (χ1n) is 5.28. The van der Waals surface area contributed by atoms with Crippen molar-refractivity contribution in [2.45, 2.75) is 9.92 Å². The standard InChI is InChI=1S/C12H7FN2O4S/c13-7-4-8(15(18)19)6-9(5-7)20-11-10(12(16)17)2-1-3-14-11/h1-6H,(H,16,17). The molecule has 0 unspecified atom stereocenters. The average molecular weight is 294 g/mol. The van der Waals surface area contributed by atoms with Gasteiger partial charge in [-0.1, -0.05) is 11.8 Å². The summed E-state index contributed by atoms with van der Waals surface area (Å²) in [7, 11) is 0. The van der Waals surface area contributed by atoms with Gasteiger partial charge in [-0.3, -0.25) is 10.1 Å². The molecule has 1 N–H and O–H groups in total. The molecule has 0 atom stereocenters. The van der Waals surface area contributed by atoms with Crippen molar-refractivity contribution in [2.75, 3.05) is 0 Å². The molecule has 0 amide bonds. The van der Waals surface area contributed by atoms with Gasteiger partial charge in [-0.05, 0) is 18.2 Å². The van der Waals surface area contributed by atoms with Crippen molar-refractivity contribution in [3.8, 4) is 0 Å². The first-order valence-corrected chi connectivity index (χ1v) is 6.10. The molecule has 0 bridgehead atoms. The predicted molar refractivity (Wildman–Crippen MR) is 68.4 cm³/mol. The molecule has 0 fully saturated rings. The Morgan fingerprint density at radius 1 is 1.40 bits per heavy atom. The minimum atomic E-state index is -1.17. The lowest BCUT2D eigenvalue weighted by molar-refractivity contribution is -0.385. The first kappa shape index (κ1) is 13.9. The number of benzene rings is 1. The van der Waals surface area contributed by atoms with Crippen LogP contribution >= 0.6 is 11.8 Å². The Bertz CT molecular complexity index is 693. The van der Waals surface area contributed by atoms with Gasteiger partial charge in [-0.2, -0.15) is 0 Å². The van der Waals surface area contributed by atoms with Crippen LogP contribution in [-0.2, 0) is 0 Å². The van der Waals surface area contributed by atoms with Gasteiger partial charge in [0.15, 0.2) is 0 Å². The molecule has 6 nitrogen and oxygen atoms in total. The van der Waals surface area contributed by atoms with E-state index in [0.717, 1.165) is 30.0 Å². The second-order valence-electron chi connectivity index (χ2n) is 3.67. The fraction of sp³-hybridized carbons (Fsp3) is 0. The molecule has 2 aromatic rings. The Balaban J connectivity index is 2.40. The van der Waals surface area contributed by atoms with Gasteiger partial charge in [-0.25, -0.2) is 14.2 Å². The molecular weight excluding hydrogens is 287 g/mol. The summed E-state index contributed by atoms with van der Waals surface area (Å²) in [6, 6.07) is 5.85. The number of nitro groups is 1. The Kier molecular flexibility index (Phi) is 3.94. The van der Waals surface area contributed by atoms with Crippen molar-refractivity contribution in [2.24, 2.45) is 0 Å². The molecule has 2 rings (SSSR count). The summed E-state index contributed by atoms with van der Waals surface area (Å²) in [5.41, 5.74) is -0.454. The summed E-state index contributed by atoms with van der Waals surface area (Å²) >= 11 is 0.852. The van der Waals surface area contributed by atoms with Gasteiger partial charge >= 0.3 is 5.97 Å². The van der Waals surface area contributed by atoms with Crippen LogP contribution in [0.2, 0.25) is 0 Å². The van der Waals surface area contributed by atoms with E-state index in [1.807, 2.05) is 0 Å². The maximum absolute atomic E-state index is 13.3. The highest BCUT2D eigenvalue weighted by Crippen LogP contribution is 2.31. The summed E-state index contributed by atoms with van der Waals surface area (Å²) in [5.74, 6) is -1.94. The number of hydrogen-bond donors (Lipinski definition) is 1. The quantitative estimate of drug-likeness (QED) is 0.688. The zero-order valence-corrected chi connectivity index (χ0v) is 10.6. The molecule has 20 heavy (non-hydrogen) atoms. The fourth-order valence-electron chi connectivity index (χ4n) is 1.46. The average Bonchev–Trinajstić information content (AvgIpc) is 2.38. The van der Waals surface area contributed by atoms with Crippen LogP contribution < -0.4 is 0 Å². The highest BCUT2D eigenvalue weighted by atomic mass is 32.2. The number of halogens is 1. The van der Waals surface area contributed by atoms with Gasteiger partial charge in [0.25, 0.3) is 5.69 Å². The van der Waals surface area contributed by atoms with E-state index in [4.69, 9.17) is 5.11 Å². The van der Waals surface area contributed by atoms with Crippen molar-refractivity contribution in [3.63, 3.8) is 0 Å². The lowest BCUT2D eigenvalue weighted by Crippen LogP contribution is -2.00. The molecule has 1 aromatic heterocycles. The fourth-order valence-corrected chi connectivity index (χ4v) is 2.41. The summed E-state index contributed by atoms with van der Waals surface area (Å²) in [4.78, 5) is 25.0. The summed E-state index contributed by atoms with van der Waals surface area (Å²) in [5, 5.41) is 19.8. The molecule has 102 valence electrons. The topological polar surface area (TPSA) is 93.3 Å². The summed E-state index contributed by atoms with van der Waals surface area (Å²) in [6.45, 7) is 0. The van der Waals surface area contributed by atoms with E-state index in [2.05, 4.69) is 4.98 Å². The SMILES string of the molecule is O=C(O)c1cccnc1Sc1cc(F)cc([N+](=O)[O-])c1.